The Labute approximate surface area is 290 Å². The topological polar surface area (TPSA) is 130 Å². The molecule has 0 aliphatic rings. The zero-order valence-electron chi connectivity index (χ0n) is 27.4. The van der Waals surface area contributed by atoms with Crippen molar-refractivity contribution < 1.29 is 38.1 Å². The Morgan fingerprint density at radius 1 is 0.735 bits per heavy atom. The second kappa shape index (κ2) is 21.5. The molecule has 256 valence electrons. The lowest BCUT2D eigenvalue weighted by Crippen LogP contribution is -2.06. The van der Waals surface area contributed by atoms with Crippen molar-refractivity contribution >= 4 is 58.4 Å². The summed E-state index contributed by atoms with van der Waals surface area (Å²) in [6, 6.07) is 20.0. The van der Waals surface area contributed by atoms with Gasteiger partial charge < -0.3 is 24.3 Å². The van der Waals surface area contributed by atoms with Gasteiger partial charge in [0.25, 0.3) is 0 Å². The van der Waals surface area contributed by atoms with Crippen LogP contribution in [0.3, 0.4) is 0 Å². The molecule has 3 aromatic carbocycles. The molecule has 3 aromatic rings. The number of unbranched alkanes of at least 4 members (excludes halogenated alkanes) is 2. The number of aliphatic imine (C=N–C) groups is 1. The van der Waals surface area contributed by atoms with Crippen molar-refractivity contribution in [3.8, 4) is 11.5 Å². The van der Waals surface area contributed by atoms with Gasteiger partial charge in [-0.15, -0.1) is 0 Å². The second-order valence-electron chi connectivity index (χ2n) is 10.4. The molecule has 3 rings (SSSR count). The van der Waals surface area contributed by atoms with E-state index in [0.29, 0.717) is 67.0 Å². The lowest BCUT2D eigenvalue weighted by molar-refractivity contribution is -0.138. The second-order valence-corrected chi connectivity index (χ2v) is 11.4. The Morgan fingerprint density at radius 2 is 1.27 bits per heavy atom. The molecule has 11 heteroatoms. The number of esters is 2. The van der Waals surface area contributed by atoms with Crippen molar-refractivity contribution in [1.82, 2.24) is 0 Å². The normalized spacial score (nSPS) is 10.8. The van der Waals surface area contributed by atoms with Gasteiger partial charge >= 0.3 is 11.9 Å². The molecule has 0 saturated carbocycles. The zero-order valence-corrected chi connectivity index (χ0v) is 28.2. The van der Waals surface area contributed by atoms with Crippen LogP contribution in [0.4, 0.5) is 11.4 Å². The van der Waals surface area contributed by atoms with E-state index in [4.69, 9.17) is 18.9 Å². The van der Waals surface area contributed by atoms with Crippen molar-refractivity contribution in [3.63, 3.8) is 0 Å². The molecule has 0 unspecified atom stereocenters. The number of nitrogens with zero attached hydrogens (tertiary/aromatic N) is 1. The van der Waals surface area contributed by atoms with Crippen LogP contribution in [0.25, 0.3) is 6.08 Å². The lowest BCUT2D eigenvalue weighted by atomic mass is 10.2. The SMILES string of the molecule is C=CC(=O)OCCCCOc1ccc(C=CC(=O)Sc2ccc(N=Cc3ccc(OCCCCOC(=O)C=C)cc3)c(NC(C)=O)c2)cc1. The van der Waals surface area contributed by atoms with E-state index in [9.17, 15) is 19.2 Å². The number of hydrogen-bond acceptors (Lipinski definition) is 10. The fraction of sp³-hybridized carbons (Fsp3) is 0.237. The minimum absolute atomic E-state index is 0.180. The maximum atomic E-state index is 12.7. The fourth-order valence-corrected chi connectivity index (χ4v) is 4.70. The molecule has 0 aromatic heterocycles. The molecular formula is C38H40N2O8S. The number of carbonyl (C=O) groups is 4. The molecule has 0 spiro atoms. The Morgan fingerprint density at radius 3 is 1.80 bits per heavy atom. The Hall–Kier alpha value is -5.42. The van der Waals surface area contributed by atoms with Crippen LogP contribution in [0.5, 0.6) is 11.5 Å². The van der Waals surface area contributed by atoms with E-state index in [1.165, 1.54) is 13.0 Å². The maximum Gasteiger partial charge on any atom is 0.330 e. The monoisotopic (exact) mass is 684 g/mol. The van der Waals surface area contributed by atoms with Crippen LogP contribution in [0.2, 0.25) is 0 Å². The van der Waals surface area contributed by atoms with Crippen LogP contribution >= 0.6 is 11.8 Å². The molecule has 0 aliphatic heterocycles. The standard InChI is InChI=1S/C38H40N2O8S/c1-4-36(42)47-24-8-6-22-45-31-15-10-29(11-16-31)14-21-38(44)49-33-19-20-34(35(26-33)40-28(3)41)39-27-30-12-17-32(18-13-30)46-23-7-9-25-48-37(43)5-2/h4-5,10-21,26-27H,1-2,6-9,22-25H2,3H3,(H,40,41). The summed E-state index contributed by atoms with van der Waals surface area (Å²) in [5, 5.41) is 2.61. The molecular weight excluding hydrogens is 644 g/mol. The van der Waals surface area contributed by atoms with Gasteiger partial charge in [0.05, 0.1) is 37.8 Å². The predicted molar refractivity (Wildman–Crippen MR) is 193 cm³/mol. The first-order chi connectivity index (χ1) is 23.7. The molecule has 0 atom stereocenters. The summed E-state index contributed by atoms with van der Waals surface area (Å²) >= 11 is 1.04. The van der Waals surface area contributed by atoms with Gasteiger partial charge in [0.2, 0.25) is 11.0 Å². The third kappa shape index (κ3) is 15.4. The highest BCUT2D eigenvalue weighted by Crippen LogP contribution is 2.31. The minimum atomic E-state index is -0.432. The highest BCUT2D eigenvalue weighted by Gasteiger charge is 2.08. The van der Waals surface area contributed by atoms with Crippen LogP contribution in [0.15, 0.2) is 108 Å². The molecule has 0 fully saturated rings. The van der Waals surface area contributed by atoms with Gasteiger partial charge in [-0.25, -0.2) is 9.59 Å². The number of benzene rings is 3. The number of hydrogen-bond donors (Lipinski definition) is 1. The van der Waals surface area contributed by atoms with E-state index < -0.39 is 11.9 Å². The Kier molecular flexibility index (Phi) is 16.7. The van der Waals surface area contributed by atoms with Crippen molar-refractivity contribution in [1.29, 1.82) is 0 Å². The summed E-state index contributed by atoms with van der Waals surface area (Å²) in [6.45, 7) is 9.76. The van der Waals surface area contributed by atoms with Gasteiger partial charge in [-0.05, 0) is 109 Å². The van der Waals surface area contributed by atoms with E-state index in [0.717, 1.165) is 47.9 Å². The lowest BCUT2D eigenvalue weighted by Gasteiger charge is -2.09. The molecule has 49 heavy (non-hydrogen) atoms. The van der Waals surface area contributed by atoms with Gasteiger partial charge in [0, 0.05) is 30.2 Å². The van der Waals surface area contributed by atoms with E-state index in [1.807, 2.05) is 48.5 Å². The van der Waals surface area contributed by atoms with Crippen LogP contribution in [0.1, 0.15) is 43.7 Å². The average Bonchev–Trinajstić information content (AvgIpc) is 3.10. The van der Waals surface area contributed by atoms with Gasteiger partial charge in [-0.2, -0.15) is 0 Å². The quantitative estimate of drug-likeness (QED) is 0.0423. The van der Waals surface area contributed by atoms with E-state index in [-0.39, 0.29) is 11.0 Å². The fourth-order valence-electron chi connectivity index (χ4n) is 4.02. The van der Waals surface area contributed by atoms with Crippen molar-refractivity contribution in [2.75, 3.05) is 31.7 Å². The molecule has 0 bridgehead atoms. The molecule has 0 aliphatic carbocycles. The summed E-state index contributed by atoms with van der Waals surface area (Å²) in [4.78, 5) is 51.9. The predicted octanol–water partition coefficient (Wildman–Crippen LogP) is 7.50. The molecule has 0 heterocycles. The van der Waals surface area contributed by atoms with Gasteiger partial charge in [-0.1, -0.05) is 31.4 Å². The number of rotatable bonds is 20. The summed E-state index contributed by atoms with van der Waals surface area (Å²) < 4.78 is 21.3. The third-order valence-corrected chi connectivity index (χ3v) is 7.29. The number of ether oxygens (including phenoxy) is 4. The number of amides is 1. The number of anilines is 1. The zero-order chi connectivity index (χ0) is 35.3. The van der Waals surface area contributed by atoms with Crippen molar-refractivity contribution in [2.24, 2.45) is 4.99 Å². The van der Waals surface area contributed by atoms with Crippen molar-refractivity contribution in [3.05, 3.63) is 109 Å². The first-order valence-electron chi connectivity index (χ1n) is 15.7. The van der Waals surface area contributed by atoms with Crippen LogP contribution in [-0.2, 0) is 28.7 Å². The highest BCUT2D eigenvalue weighted by molar-refractivity contribution is 8.14. The summed E-state index contributed by atoms with van der Waals surface area (Å²) in [5.74, 6) is 0.289. The largest absolute Gasteiger partial charge is 0.494 e. The van der Waals surface area contributed by atoms with Crippen molar-refractivity contribution in [2.45, 2.75) is 37.5 Å². The summed E-state index contributed by atoms with van der Waals surface area (Å²) in [7, 11) is 0. The van der Waals surface area contributed by atoms with Crippen LogP contribution < -0.4 is 14.8 Å². The van der Waals surface area contributed by atoms with E-state index in [2.05, 4.69) is 23.5 Å². The first kappa shape index (κ1) is 38.0. The van der Waals surface area contributed by atoms with Gasteiger partial charge in [0.1, 0.15) is 11.5 Å². The Balaban J connectivity index is 1.49. The van der Waals surface area contributed by atoms with Crippen LogP contribution in [0, 0.1) is 0 Å². The molecule has 10 nitrogen and oxygen atoms in total. The Bertz CT molecular complexity index is 1630. The molecule has 1 amide bonds. The minimum Gasteiger partial charge on any atom is -0.494 e. The van der Waals surface area contributed by atoms with E-state index >= 15 is 0 Å². The number of carbonyl (C=O) groups excluding carboxylic acids is 4. The maximum absolute atomic E-state index is 12.7. The van der Waals surface area contributed by atoms with Gasteiger partial charge in [0.15, 0.2) is 0 Å². The van der Waals surface area contributed by atoms with E-state index in [1.54, 1.807) is 30.5 Å². The number of thioether (sulfide) groups is 1. The smallest absolute Gasteiger partial charge is 0.330 e. The first-order valence-corrected chi connectivity index (χ1v) is 16.5. The highest BCUT2D eigenvalue weighted by atomic mass is 32.2. The molecule has 1 N–H and O–H groups in total. The van der Waals surface area contributed by atoms with Crippen LogP contribution in [-0.4, -0.2) is 55.6 Å². The van der Waals surface area contributed by atoms with Gasteiger partial charge in [-0.3, -0.25) is 14.6 Å². The average molecular weight is 685 g/mol. The molecule has 0 saturated heterocycles. The summed E-state index contributed by atoms with van der Waals surface area (Å²) in [5.41, 5.74) is 2.69. The number of nitrogens with one attached hydrogen (secondary N) is 1. The third-order valence-electron chi connectivity index (χ3n) is 6.46. The summed E-state index contributed by atoms with van der Waals surface area (Å²) in [6.07, 6.45) is 10.0. The molecule has 0 radical (unpaired) electrons.